The molecule has 1 aliphatic heterocycles. The van der Waals surface area contributed by atoms with Crippen molar-refractivity contribution in [3.05, 3.63) is 24.1 Å². The van der Waals surface area contributed by atoms with Crippen LogP contribution in [0.2, 0.25) is 0 Å². The molecule has 1 saturated heterocycles. The van der Waals surface area contributed by atoms with Gasteiger partial charge in [0, 0.05) is 7.11 Å². The summed E-state index contributed by atoms with van der Waals surface area (Å²) in [6.45, 7) is 5.79. The number of nitrogens with zero attached hydrogens (tertiary/aromatic N) is 4. The van der Waals surface area contributed by atoms with Gasteiger partial charge >= 0.3 is 6.08 Å². The summed E-state index contributed by atoms with van der Waals surface area (Å²) < 4.78 is 38.4. The van der Waals surface area contributed by atoms with Gasteiger partial charge in [-0.15, -0.1) is 0 Å². The van der Waals surface area contributed by atoms with Crippen molar-refractivity contribution in [1.29, 1.82) is 0 Å². The van der Waals surface area contributed by atoms with E-state index in [9.17, 15) is 4.39 Å². The molecule has 3 heterocycles. The first-order chi connectivity index (χ1) is 12.8. The molecule has 4 atom stereocenters. The van der Waals surface area contributed by atoms with E-state index in [0.29, 0.717) is 11.2 Å². The van der Waals surface area contributed by atoms with Crippen LogP contribution in [0.3, 0.4) is 0 Å². The Labute approximate surface area is 155 Å². The van der Waals surface area contributed by atoms with Crippen molar-refractivity contribution < 1.29 is 23.3 Å². The lowest BCUT2D eigenvalue weighted by atomic mass is 10.1. The molecule has 1 aliphatic carbocycles. The van der Waals surface area contributed by atoms with Gasteiger partial charge in [-0.05, 0) is 26.3 Å². The van der Waals surface area contributed by atoms with Crippen molar-refractivity contribution in [3.8, 4) is 0 Å². The van der Waals surface area contributed by atoms with Crippen LogP contribution in [0.5, 0.6) is 0 Å². The molecule has 9 nitrogen and oxygen atoms in total. The van der Waals surface area contributed by atoms with E-state index >= 15 is 0 Å². The molecule has 0 unspecified atom stereocenters. The van der Waals surface area contributed by atoms with Crippen LogP contribution in [-0.4, -0.2) is 57.5 Å². The third kappa shape index (κ3) is 3.08. The third-order valence-electron chi connectivity index (χ3n) is 4.81. The number of fused-ring (bicyclic) bond motifs is 2. The van der Waals surface area contributed by atoms with Gasteiger partial charge in [0.15, 0.2) is 17.3 Å². The normalized spacial score (nSPS) is 27.7. The maximum atomic E-state index is 13.7. The van der Waals surface area contributed by atoms with Crippen LogP contribution in [0.4, 0.5) is 10.2 Å². The van der Waals surface area contributed by atoms with Crippen molar-refractivity contribution in [3.63, 3.8) is 0 Å². The number of hydrogen-bond acceptors (Lipinski definition) is 8. The average molecular weight is 379 g/mol. The van der Waals surface area contributed by atoms with Crippen LogP contribution in [0.15, 0.2) is 18.0 Å². The van der Waals surface area contributed by atoms with Crippen molar-refractivity contribution in [1.82, 2.24) is 19.5 Å². The second-order valence-corrected chi connectivity index (χ2v) is 7.10. The molecular formula is C17H22FN5O4. The van der Waals surface area contributed by atoms with E-state index in [1.807, 2.05) is 26.8 Å². The first kappa shape index (κ1) is 18.2. The summed E-state index contributed by atoms with van der Waals surface area (Å²) >= 11 is 0. The predicted molar refractivity (Wildman–Crippen MR) is 93.1 cm³/mol. The highest BCUT2D eigenvalue weighted by Crippen LogP contribution is 2.45. The Morgan fingerprint density at radius 3 is 2.89 bits per heavy atom. The Morgan fingerprint density at radius 2 is 2.15 bits per heavy atom. The van der Waals surface area contributed by atoms with Crippen molar-refractivity contribution >= 4 is 17.0 Å². The molecule has 0 saturated carbocycles. The smallest absolute Gasteiger partial charge is 0.312 e. The number of anilines is 1. The Hall–Kier alpha value is -2.14. The van der Waals surface area contributed by atoms with Gasteiger partial charge in [-0.2, -0.15) is 14.4 Å². The summed E-state index contributed by atoms with van der Waals surface area (Å²) in [5, 5.41) is 0. The van der Waals surface area contributed by atoms with Gasteiger partial charge < -0.3 is 29.2 Å². The van der Waals surface area contributed by atoms with Crippen LogP contribution >= 0.6 is 0 Å². The fourth-order valence-electron chi connectivity index (χ4n) is 3.68. The lowest BCUT2D eigenvalue weighted by molar-refractivity contribution is -0.149. The quantitative estimate of drug-likeness (QED) is 0.474. The van der Waals surface area contributed by atoms with Crippen LogP contribution in [-0.2, 0) is 18.9 Å². The highest BCUT2D eigenvalue weighted by atomic mass is 19.1. The molecule has 0 spiro atoms. The maximum absolute atomic E-state index is 13.7. The summed E-state index contributed by atoms with van der Waals surface area (Å²) in [5.74, 6) is -0.764. The van der Waals surface area contributed by atoms with Gasteiger partial charge in [0.1, 0.15) is 24.5 Å². The second-order valence-electron chi connectivity index (χ2n) is 7.10. The zero-order chi connectivity index (χ0) is 19.3. The fraction of sp³-hybridized carbons (Fsp3) is 0.588. The first-order valence-corrected chi connectivity index (χ1v) is 8.64. The minimum absolute atomic E-state index is 0.00397. The Balaban J connectivity index is 1.76. The molecule has 4 rings (SSSR count). The molecule has 27 heavy (non-hydrogen) atoms. The van der Waals surface area contributed by atoms with Gasteiger partial charge in [0.05, 0.1) is 18.5 Å². The summed E-state index contributed by atoms with van der Waals surface area (Å²) in [4.78, 5) is 11.6. The van der Waals surface area contributed by atoms with E-state index < -0.39 is 11.9 Å². The zero-order valence-electron chi connectivity index (χ0n) is 15.5. The SMILES string of the molecule is COCO[C@H](C)C1=C[C@@H](n2cnc3c(N)nc(F)nc32)[C@@H]2OC(C)(C)O[C@H]12. The minimum Gasteiger partial charge on any atom is -0.382 e. The molecule has 10 heteroatoms. The van der Waals surface area contributed by atoms with E-state index in [1.165, 1.54) is 0 Å². The molecule has 146 valence electrons. The molecule has 2 aromatic heterocycles. The number of imidazole rings is 1. The van der Waals surface area contributed by atoms with E-state index in [0.717, 1.165) is 5.57 Å². The predicted octanol–water partition coefficient (Wildman–Crippen LogP) is 1.56. The number of nitrogen functional groups attached to an aromatic ring is 1. The fourth-order valence-corrected chi connectivity index (χ4v) is 3.68. The number of hydrogen-bond donors (Lipinski definition) is 1. The molecule has 0 radical (unpaired) electrons. The molecule has 2 N–H and O–H groups in total. The van der Waals surface area contributed by atoms with Crippen molar-refractivity contribution in [2.24, 2.45) is 0 Å². The number of halogens is 1. The van der Waals surface area contributed by atoms with E-state index in [1.54, 1.807) is 18.0 Å². The number of aromatic nitrogens is 4. The number of rotatable bonds is 5. The number of ether oxygens (including phenoxy) is 4. The van der Waals surface area contributed by atoms with Crippen LogP contribution in [0.1, 0.15) is 26.8 Å². The highest BCUT2D eigenvalue weighted by Gasteiger charge is 2.52. The molecule has 1 fully saturated rings. The Morgan fingerprint density at radius 1 is 1.37 bits per heavy atom. The zero-order valence-corrected chi connectivity index (χ0v) is 15.5. The minimum atomic E-state index is -0.902. The molecule has 0 bridgehead atoms. The van der Waals surface area contributed by atoms with Crippen LogP contribution in [0, 0.1) is 6.08 Å². The largest absolute Gasteiger partial charge is 0.382 e. The summed E-state index contributed by atoms with van der Waals surface area (Å²) in [6, 6.07) is -0.306. The maximum Gasteiger partial charge on any atom is 0.312 e. The van der Waals surface area contributed by atoms with Gasteiger partial charge in [0.25, 0.3) is 0 Å². The van der Waals surface area contributed by atoms with E-state index in [-0.39, 0.29) is 37.0 Å². The molecule has 2 aromatic rings. The summed E-state index contributed by atoms with van der Waals surface area (Å²) in [7, 11) is 1.57. The standard InChI is InChI=1S/C17H22FN5O4/c1-8(25-7-24-4)9-5-10(13-12(9)26-17(2,3)27-13)23-6-20-11-14(19)21-16(18)22-15(11)23/h5-6,8,10,12-13H,7H2,1-4H3,(H2,19,21,22)/t8-,10-,12-,13+/m1/s1. The third-order valence-corrected chi connectivity index (χ3v) is 4.81. The summed E-state index contributed by atoms with van der Waals surface area (Å²) in [6.07, 6.45) is 1.76. The van der Waals surface area contributed by atoms with Gasteiger partial charge in [-0.1, -0.05) is 6.08 Å². The lowest BCUT2D eigenvalue weighted by Gasteiger charge is -2.22. The lowest BCUT2D eigenvalue weighted by Crippen LogP contribution is -2.29. The van der Waals surface area contributed by atoms with Crippen molar-refractivity contribution in [2.45, 2.75) is 50.9 Å². The van der Waals surface area contributed by atoms with E-state index in [2.05, 4.69) is 15.0 Å². The van der Waals surface area contributed by atoms with Gasteiger partial charge in [0.2, 0.25) is 0 Å². The molecule has 2 aliphatic rings. The van der Waals surface area contributed by atoms with Gasteiger partial charge in [-0.3, -0.25) is 0 Å². The average Bonchev–Trinajstić information content (AvgIpc) is 3.23. The first-order valence-electron chi connectivity index (χ1n) is 8.64. The van der Waals surface area contributed by atoms with E-state index in [4.69, 9.17) is 24.7 Å². The molecular weight excluding hydrogens is 357 g/mol. The number of nitrogens with two attached hydrogens (primary N) is 1. The molecule has 0 aromatic carbocycles. The highest BCUT2D eigenvalue weighted by molar-refractivity contribution is 5.81. The van der Waals surface area contributed by atoms with Crippen LogP contribution in [0.25, 0.3) is 11.2 Å². The Kier molecular flexibility index (Phi) is 4.38. The van der Waals surface area contributed by atoms with Crippen molar-refractivity contribution in [2.75, 3.05) is 19.6 Å². The van der Waals surface area contributed by atoms with Crippen LogP contribution < -0.4 is 5.73 Å². The Bertz CT molecular complexity index is 899. The second kappa shape index (κ2) is 6.48. The number of methoxy groups -OCH3 is 1. The topological polar surface area (TPSA) is 107 Å². The van der Waals surface area contributed by atoms with Gasteiger partial charge in [-0.25, -0.2) is 4.98 Å². The summed E-state index contributed by atoms with van der Waals surface area (Å²) in [5.41, 5.74) is 7.35. The monoisotopic (exact) mass is 379 g/mol. The molecule has 0 amide bonds.